The first-order chi connectivity index (χ1) is 13.0. The summed E-state index contributed by atoms with van der Waals surface area (Å²) in [6, 6.07) is 4.81. The number of ether oxygens (including phenoxy) is 1. The first kappa shape index (κ1) is 20.7. The second kappa shape index (κ2) is 7.11. The number of aromatic nitrogens is 2. The molecule has 154 valence electrons. The largest absolute Gasteiger partial charge is 0.416 e. The van der Waals surface area contributed by atoms with Crippen LogP contribution >= 0.6 is 0 Å². The molecule has 2 aromatic rings. The van der Waals surface area contributed by atoms with E-state index >= 15 is 0 Å². The maximum Gasteiger partial charge on any atom is 0.416 e. The van der Waals surface area contributed by atoms with E-state index < -0.39 is 43.9 Å². The van der Waals surface area contributed by atoms with Crippen LogP contribution in [0.3, 0.4) is 0 Å². The van der Waals surface area contributed by atoms with Gasteiger partial charge in [-0.2, -0.15) is 27.1 Å². The lowest BCUT2D eigenvalue weighted by Crippen LogP contribution is -2.42. The normalized spacial score (nSPS) is 23.9. The van der Waals surface area contributed by atoms with Crippen molar-refractivity contribution in [2.45, 2.75) is 48.2 Å². The minimum atomic E-state index is -4.69. The molecule has 1 aliphatic heterocycles. The molecular weight excluding hydrogens is 407 g/mol. The highest BCUT2D eigenvalue weighted by molar-refractivity contribution is 7.92. The summed E-state index contributed by atoms with van der Waals surface area (Å²) in [5.74, 6) is 0. The van der Waals surface area contributed by atoms with Crippen LogP contribution in [0.5, 0.6) is 0 Å². The zero-order valence-corrected chi connectivity index (χ0v) is 15.5. The Morgan fingerprint density at radius 2 is 2.00 bits per heavy atom. The lowest BCUT2D eigenvalue weighted by molar-refractivity contribution is -0.137. The van der Waals surface area contributed by atoms with E-state index in [1.54, 1.807) is 0 Å². The molecule has 2 atom stereocenters. The molecule has 0 aliphatic carbocycles. The van der Waals surface area contributed by atoms with Gasteiger partial charge in [-0.05, 0) is 44.0 Å². The van der Waals surface area contributed by atoms with Crippen molar-refractivity contribution < 1.29 is 35.1 Å². The summed E-state index contributed by atoms with van der Waals surface area (Å²) >= 11 is 0. The third-order valence-corrected chi connectivity index (χ3v) is 7.45. The third kappa shape index (κ3) is 3.64. The van der Waals surface area contributed by atoms with Gasteiger partial charge in [0.2, 0.25) is 0 Å². The molecule has 1 saturated heterocycles. The SMILES string of the molecule is CC1(S(=O)(=O)c2cccc(C(F)(F)F)c2)CCOC(c2ccnn2C(F)F)C1. The molecule has 2 unspecified atom stereocenters. The van der Waals surface area contributed by atoms with Gasteiger partial charge in [-0.15, -0.1) is 0 Å². The van der Waals surface area contributed by atoms with Crippen LogP contribution in [0.25, 0.3) is 0 Å². The molecule has 1 aliphatic rings. The second-order valence-corrected chi connectivity index (χ2v) is 9.23. The van der Waals surface area contributed by atoms with Gasteiger partial charge in [0.15, 0.2) is 9.84 Å². The number of nitrogens with zero attached hydrogens (tertiary/aromatic N) is 2. The number of rotatable bonds is 4. The Bertz CT molecular complexity index is 958. The van der Waals surface area contributed by atoms with E-state index in [0.717, 1.165) is 24.4 Å². The van der Waals surface area contributed by atoms with Gasteiger partial charge in [-0.3, -0.25) is 0 Å². The first-order valence-electron chi connectivity index (χ1n) is 8.31. The van der Waals surface area contributed by atoms with E-state index in [4.69, 9.17) is 4.74 Å². The van der Waals surface area contributed by atoms with E-state index in [2.05, 4.69) is 5.10 Å². The van der Waals surface area contributed by atoms with Gasteiger partial charge in [0.25, 0.3) is 0 Å². The highest BCUT2D eigenvalue weighted by Crippen LogP contribution is 2.43. The fourth-order valence-corrected chi connectivity index (χ4v) is 5.10. The fraction of sp³-hybridized carbons (Fsp3) is 0.471. The zero-order chi connectivity index (χ0) is 20.7. The summed E-state index contributed by atoms with van der Waals surface area (Å²) in [4.78, 5) is -0.465. The number of hydrogen-bond donors (Lipinski definition) is 0. The Kier molecular flexibility index (Phi) is 5.26. The van der Waals surface area contributed by atoms with Crippen LogP contribution in [0.4, 0.5) is 22.0 Å². The molecule has 0 bridgehead atoms. The molecule has 3 rings (SSSR count). The standard InChI is InChI=1S/C17H17F5N2O3S/c1-16(28(25,26)12-4-2-3-11(9-12)17(20,21)22)6-8-27-14(10-16)13-5-7-23-24(13)15(18)19/h2-5,7,9,14-15H,6,8,10H2,1H3. The number of sulfone groups is 1. The van der Waals surface area contributed by atoms with Crippen molar-refractivity contribution in [1.29, 1.82) is 0 Å². The monoisotopic (exact) mass is 424 g/mol. The van der Waals surface area contributed by atoms with Crippen LogP contribution in [0.15, 0.2) is 41.4 Å². The summed E-state index contributed by atoms with van der Waals surface area (Å²) in [6.45, 7) is -1.59. The topological polar surface area (TPSA) is 61.2 Å². The minimum absolute atomic E-state index is 0.0140. The molecule has 1 fully saturated rings. The fourth-order valence-electron chi connectivity index (χ4n) is 3.27. The third-order valence-electron chi connectivity index (χ3n) is 4.90. The van der Waals surface area contributed by atoms with Gasteiger partial charge in [0.1, 0.15) is 6.10 Å². The number of halogens is 5. The van der Waals surface area contributed by atoms with Gasteiger partial charge in [-0.1, -0.05) is 6.07 Å². The highest BCUT2D eigenvalue weighted by atomic mass is 32.2. The van der Waals surface area contributed by atoms with Crippen LogP contribution in [0.2, 0.25) is 0 Å². The van der Waals surface area contributed by atoms with Crippen molar-refractivity contribution in [2.75, 3.05) is 6.61 Å². The number of alkyl halides is 5. The molecule has 11 heteroatoms. The van der Waals surface area contributed by atoms with Crippen molar-refractivity contribution >= 4 is 9.84 Å². The lowest BCUT2D eigenvalue weighted by atomic mass is 9.95. The maximum absolute atomic E-state index is 13.1. The van der Waals surface area contributed by atoms with Crippen molar-refractivity contribution in [1.82, 2.24) is 9.78 Å². The van der Waals surface area contributed by atoms with Crippen LogP contribution < -0.4 is 0 Å². The smallest absolute Gasteiger partial charge is 0.372 e. The molecule has 0 amide bonds. The Morgan fingerprint density at radius 3 is 2.64 bits per heavy atom. The molecule has 1 aromatic carbocycles. The molecule has 0 saturated carbocycles. The minimum Gasteiger partial charge on any atom is -0.372 e. The Morgan fingerprint density at radius 1 is 1.29 bits per heavy atom. The quantitative estimate of drug-likeness (QED) is 0.684. The van der Waals surface area contributed by atoms with Gasteiger partial charge < -0.3 is 4.74 Å². The van der Waals surface area contributed by atoms with Crippen LogP contribution in [0, 0.1) is 0 Å². The van der Waals surface area contributed by atoms with E-state index in [1.165, 1.54) is 13.0 Å². The lowest BCUT2D eigenvalue weighted by Gasteiger charge is -2.37. The van der Waals surface area contributed by atoms with E-state index in [1.807, 2.05) is 0 Å². The molecule has 2 heterocycles. The van der Waals surface area contributed by atoms with Crippen LogP contribution in [-0.2, 0) is 20.8 Å². The van der Waals surface area contributed by atoms with Gasteiger partial charge >= 0.3 is 12.7 Å². The van der Waals surface area contributed by atoms with Crippen molar-refractivity contribution in [3.05, 3.63) is 47.8 Å². The molecule has 1 aromatic heterocycles. The summed E-state index contributed by atoms with van der Waals surface area (Å²) in [5.41, 5.74) is -1.06. The Hall–Kier alpha value is -2.01. The number of benzene rings is 1. The summed E-state index contributed by atoms with van der Waals surface area (Å²) < 4.78 is 95.8. The van der Waals surface area contributed by atoms with Crippen molar-refractivity contribution in [2.24, 2.45) is 0 Å². The van der Waals surface area contributed by atoms with Crippen LogP contribution in [-0.4, -0.2) is 29.6 Å². The number of hydrogen-bond acceptors (Lipinski definition) is 4. The molecule has 0 radical (unpaired) electrons. The summed E-state index contributed by atoms with van der Waals surface area (Å²) in [5, 5.41) is 3.51. The molecular formula is C17H17F5N2O3S. The van der Waals surface area contributed by atoms with Crippen molar-refractivity contribution in [3.63, 3.8) is 0 Å². The van der Waals surface area contributed by atoms with E-state index in [0.29, 0.717) is 10.7 Å². The summed E-state index contributed by atoms with van der Waals surface area (Å²) in [6.07, 6.45) is -4.68. The van der Waals surface area contributed by atoms with Gasteiger partial charge in [0.05, 0.1) is 20.9 Å². The van der Waals surface area contributed by atoms with Gasteiger partial charge in [-0.25, -0.2) is 13.1 Å². The zero-order valence-electron chi connectivity index (χ0n) is 14.7. The Balaban J connectivity index is 1.96. The Labute approximate surface area is 158 Å². The predicted octanol–water partition coefficient (Wildman–Crippen LogP) is 4.38. The molecule has 0 N–H and O–H groups in total. The van der Waals surface area contributed by atoms with Crippen molar-refractivity contribution in [3.8, 4) is 0 Å². The maximum atomic E-state index is 13.1. The molecule has 5 nitrogen and oxygen atoms in total. The molecule has 0 spiro atoms. The highest BCUT2D eigenvalue weighted by Gasteiger charge is 2.46. The summed E-state index contributed by atoms with van der Waals surface area (Å²) in [7, 11) is -4.20. The average molecular weight is 424 g/mol. The van der Waals surface area contributed by atoms with E-state index in [9.17, 15) is 30.4 Å². The van der Waals surface area contributed by atoms with Gasteiger partial charge in [0, 0.05) is 12.8 Å². The second-order valence-electron chi connectivity index (χ2n) is 6.77. The predicted molar refractivity (Wildman–Crippen MR) is 88.4 cm³/mol. The van der Waals surface area contributed by atoms with Crippen LogP contribution in [0.1, 0.15) is 43.7 Å². The first-order valence-corrected chi connectivity index (χ1v) is 9.79. The van der Waals surface area contributed by atoms with E-state index in [-0.39, 0.29) is 25.1 Å². The molecule has 28 heavy (non-hydrogen) atoms. The average Bonchev–Trinajstić information content (AvgIpc) is 3.11.